The summed E-state index contributed by atoms with van der Waals surface area (Å²) in [5.74, 6) is 0.0183. The lowest BCUT2D eigenvalue weighted by Crippen LogP contribution is -2.41. The minimum Gasteiger partial charge on any atom is -0.489 e. The predicted octanol–water partition coefficient (Wildman–Crippen LogP) is 2.61. The van der Waals surface area contributed by atoms with Crippen LogP contribution in [0.3, 0.4) is 0 Å². The quantitative estimate of drug-likeness (QED) is 0.333. The number of rotatable bonds is 4. The molecule has 6 N–H and O–H groups in total. The highest BCUT2D eigenvalue weighted by molar-refractivity contribution is 6.33. The molecule has 5 rings (SSSR count). The number of pyridine rings is 1. The lowest BCUT2D eigenvalue weighted by atomic mass is 9.95. The molecular weight excluding hydrogens is 451 g/mol. The van der Waals surface area contributed by atoms with Crippen molar-refractivity contribution in [2.45, 2.75) is 24.7 Å². The molecule has 0 radical (unpaired) electrons. The van der Waals surface area contributed by atoms with Crippen molar-refractivity contribution in [3.05, 3.63) is 59.3 Å². The number of ether oxygens (including phenoxy) is 1. The Kier molecular flexibility index (Phi) is 4.89. The molecule has 170 valence electrons. The Labute approximate surface area is 192 Å². The van der Waals surface area contributed by atoms with E-state index < -0.39 is 23.6 Å². The molecule has 0 saturated heterocycles. The van der Waals surface area contributed by atoms with E-state index >= 15 is 0 Å². The zero-order valence-corrected chi connectivity index (χ0v) is 18.2. The number of nitrogens with two attached hydrogens (primary N) is 2. The van der Waals surface area contributed by atoms with Gasteiger partial charge in [0.05, 0.1) is 22.0 Å². The zero-order chi connectivity index (χ0) is 23.5. The summed E-state index contributed by atoms with van der Waals surface area (Å²) in [6.45, 7) is 1.40. The first-order valence-corrected chi connectivity index (χ1v) is 10.4. The number of aliphatic hydroxyl groups is 2. The molecule has 0 fully saturated rings. The molecule has 0 amide bonds. The Hall–Kier alpha value is -3.47. The van der Waals surface area contributed by atoms with Crippen molar-refractivity contribution >= 4 is 45.2 Å². The highest BCUT2D eigenvalue weighted by Gasteiger charge is 2.46. The van der Waals surface area contributed by atoms with E-state index in [9.17, 15) is 14.6 Å². The average molecular weight is 471 g/mol. The molecule has 4 aromatic rings. The molecule has 3 heterocycles. The molecule has 3 atom stereocenters. The van der Waals surface area contributed by atoms with Gasteiger partial charge in [-0.1, -0.05) is 17.7 Å². The molecule has 33 heavy (non-hydrogen) atoms. The fraction of sp³-hybridized carbons (Fsp3) is 0.227. The van der Waals surface area contributed by atoms with Gasteiger partial charge in [0.25, 0.3) is 0 Å². The number of nitrogen functional groups attached to an aromatic ring is 2. The Morgan fingerprint density at radius 1 is 1.21 bits per heavy atom. The van der Waals surface area contributed by atoms with Crippen molar-refractivity contribution < 1.29 is 19.3 Å². The molecule has 0 spiro atoms. The van der Waals surface area contributed by atoms with Crippen molar-refractivity contribution in [2.75, 3.05) is 18.1 Å². The number of fused-ring (bicyclic) bond motifs is 2. The van der Waals surface area contributed by atoms with Gasteiger partial charge in [-0.3, -0.25) is 0 Å². The summed E-state index contributed by atoms with van der Waals surface area (Å²) in [4.78, 5) is 12.3. The maximum Gasteiger partial charge on any atom is 0.146 e. The lowest BCUT2D eigenvalue weighted by Gasteiger charge is -2.28. The fourth-order valence-electron chi connectivity index (χ4n) is 4.09. The third kappa shape index (κ3) is 3.43. The average Bonchev–Trinajstić information content (AvgIpc) is 3.28. The first-order chi connectivity index (χ1) is 15.7. The van der Waals surface area contributed by atoms with E-state index in [0.29, 0.717) is 22.4 Å². The maximum absolute atomic E-state index is 14.6. The number of nitrogens with zero attached hydrogens (tertiary/aromatic N) is 4. The number of aliphatic hydroxyl groups excluding tert-OH is 1. The first kappa shape index (κ1) is 21.4. The molecule has 9 nitrogen and oxygen atoms in total. The van der Waals surface area contributed by atoms with Crippen LogP contribution in [0.15, 0.2) is 48.4 Å². The van der Waals surface area contributed by atoms with E-state index in [1.165, 1.54) is 31.5 Å². The fourth-order valence-corrected chi connectivity index (χ4v) is 4.24. The summed E-state index contributed by atoms with van der Waals surface area (Å²) < 4.78 is 22.0. The maximum atomic E-state index is 14.6. The minimum absolute atomic E-state index is 0.0801. The van der Waals surface area contributed by atoms with Crippen molar-refractivity contribution in [1.29, 1.82) is 0 Å². The van der Waals surface area contributed by atoms with Gasteiger partial charge in [0.1, 0.15) is 53.5 Å². The number of benzene rings is 1. The smallest absolute Gasteiger partial charge is 0.146 e. The summed E-state index contributed by atoms with van der Waals surface area (Å²) >= 11 is 5.93. The number of hydrogen-bond donors (Lipinski definition) is 4. The van der Waals surface area contributed by atoms with Gasteiger partial charge in [0.2, 0.25) is 0 Å². The van der Waals surface area contributed by atoms with Crippen LogP contribution in [0.2, 0.25) is 5.02 Å². The van der Waals surface area contributed by atoms with Crippen LogP contribution in [-0.2, 0) is 0 Å². The Morgan fingerprint density at radius 2 is 2.00 bits per heavy atom. The standard InChI is InChI=1S/C22H20ClFN6O3/c1-22(32)10(4-17(18(22)31)30-3-2-12-19(25)27-9-28-21(12)30)8-33-11-5-15(24)13-7-14(23)20(26)29-16(13)6-11/h2-7,9,17-18,31-32H,8H2,1H3,(H2,26,29)(H2,25,27,28)/t17?,18-,22?/m1/s1. The summed E-state index contributed by atoms with van der Waals surface area (Å²) in [6, 6.07) is 5.26. The second-order valence-corrected chi connectivity index (χ2v) is 8.52. The van der Waals surface area contributed by atoms with Gasteiger partial charge in [0, 0.05) is 23.7 Å². The summed E-state index contributed by atoms with van der Waals surface area (Å²) in [5, 5.41) is 22.9. The molecule has 1 aliphatic rings. The molecule has 2 unspecified atom stereocenters. The van der Waals surface area contributed by atoms with Gasteiger partial charge >= 0.3 is 0 Å². The molecule has 11 heteroatoms. The van der Waals surface area contributed by atoms with Crippen molar-refractivity contribution in [1.82, 2.24) is 19.5 Å². The van der Waals surface area contributed by atoms with Crippen LogP contribution >= 0.6 is 11.6 Å². The van der Waals surface area contributed by atoms with Gasteiger partial charge in [-0.25, -0.2) is 19.3 Å². The highest BCUT2D eigenvalue weighted by atomic mass is 35.5. The number of halogens is 2. The van der Waals surface area contributed by atoms with Crippen LogP contribution < -0.4 is 16.2 Å². The van der Waals surface area contributed by atoms with Crippen molar-refractivity contribution in [2.24, 2.45) is 0 Å². The molecule has 0 bridgehead atoms. The van der Waals surface area contributed by atoms with E-state index in [4.69, 9.17) is 27.8 Å². The summed E-state index contributed by atoms with van der Waals surface area (Å²) in [5.41, 5.74) is 11.3. The molecular formula is C22H20ClFN6O3. The van der Waals surface area contributed by atoms with Gasteiger partial charge in [0.15, 0.2) is 0 Å². The number of aromatic nitrogens is 4. The number of anilines is 2. The second-order valence-electron chi connectivity index (χ2n) is 8.11. The predicted molar refractivity (Wildman–Crippen MR) is 122 cm³/mol. The topological polar surface area (TPSA) is 145 Å². The molecule has 1 aromatic carbocycles. The van der Waals surface area contributed by atoms with E-state index in [-0.39, 0.29) is 34.1 Å². The summed E-state index contributed by atoms with van der Waals surface area (Å²) in [6.07, 6.45) is 3.58. The van der Waals surface area contributed by atoms with Crippen molar-refractivity contribution in [3.63, 3.8) is 0 Å². The third-order valence-corrected chi connectivity index (χ3v) is 6.32. The van der Waals surface area contributed by atoms with Gasteiger partial charge in [-0.15, -0.1) is 0 Å². The van der Waals surface area contributed by atoms with Crippen LogP contribution in [0.4, 0.5) is 16.0 Å². The monoisotopic (exact) mass is 470 g/mol. The summed E-state index contributed by atoms with van der Waals surface area (Å²) in [7, 11) is 0. The van der Waals surface area contributed by atoms with Crippen LogP contribution in [0.5, 0.6) is 5.75 Å². The van der Waals surface area contributed by atoms with Gasteiger partial charge in [-0.2, -0.15) is 0 Å². The molecule has 3 aromatic heterocycles. The van der Waals surface area contributed by atoms with Gasteiger partial charge in [-0.05, 0) is 24.6 Å². The largest absolute Gasteiger partial charge is 0.489 e. The Balaban J connectivity index is 1.45. The normalized spacial score (nSPS) is 22.8. The SMILES string of the molecule is CC1(O)C(COc2cc(F)c3cc(Cl)c(N)nc3c2)=CC(n2ccc3c(N)ncnc32)[C@H]1O. The Bertz CT molecular complexity index is 1440. The lowest BCUT2D eigenvalue weighted by molar-refractivity contribution is -0.0414. The van der Waals surface area contributed by atoms with E-state index in [2.05, 4.69) is 15.0 Å². The zero-order valence-electron chi connectivity index (χ0n) is 17.4. The highest BCUT2D eigenvalue weighted by Crippen LogP contribution is 2.39. The third-order valence-electron chi connectivity index (χ3n) is 6.01. The molecule has 0 saturated carbocycles. The van der Waals surface area contributed by atoms with Crippen LogP contribution in [0, 0.1) is 5.82 Å². The molecule has 0 aliphatic heterocycles. The first-order valence-electron chi connectivity index (χ1n) is 10.0. The van der Waals surface area contributed by atoms with Crippen LogP contribution in [0.25, 0.3) is 21.9 Å². The van der Waals surface area contributed by atoms with E-state index in [1.54, 1.807) is 22.9 Å². The second kappa shape index (κ2) is 7.55. The van der Waals surface area contributed by atoms with Gasteiger partial charge < -0.3 is 31.0 Å². The van der Waals surface area contributed by atoms with Crippen LogP contribution in [-0.4, -0.2) is 48.0 Å². The van der Waals surface area contributed by atoms with Crippen molar-refractivity contribution in [3.8, 4) is 5.75 Å². The van der Waals surface area contributed by atoms with Crippen LogP contribution in [0.1, 0.15) is 13.0 Å². The minimum atomic E-state index is -1.59. The number of hydrogen-bond acceptors (Lipinski definition) is 8. The Morgan fingerprint density at radius 3 is 2.79 bits per heavy atom. The van der Waals surface area contributed by atoms with E-state index in [0.717, 1.165) is 0 Å². The van der Waals surface area contributed by atoms with E-state index in [1.807, 2.05) is 0 Å². The molecule has 1 aliphatic carbocycles.